The third-order valence-electron chi connectivity index (χ3n) is 4.16. The second-order valence-corrected chi connectivity index (χ2v) is 6.21. The van der Waals surface area contributed by atoms with Crippen molar-refractivity contribution >= 4 is 0 Å². The minimum Gasteiger partial charge on any atom is -0.490 e. The molecule has 0 saturated heterocycles. The topological polar surface area (TPSA) is 101 Å². The molecule has 0 radical (unpaired) electrons. The van der Waals surface area contributed by atoms with Crippen LogP contribution in [0.1, 0.15) is 17.5 Å². The number of aliphatic hydroxyl groups excluding tert-OH is 3. The monoisotopic (exact) mass is 401 g/mol. The van der Waals surface area contributed by atoms with Gasteiger partial charge in [0.2, 0.25) is 0 Å². The van der Waals surface area contributed by atoms with E-state index in [9.17, 15) is 10.2 Å². The van der Waals surface area contributed by atoms with Crippen LogP contribution in [0.2, 0.25) is 0 Å². The van der Waals surface area contributed by atoms with Crippen LogP contribution in [0.3, 0.4) is 0 Å². The summed E-state index contributed by atoms with van der Waals surface area (Å²) >= 11 is 0. The minimum atomic E-state index is -0.141. The Bertz CT molecular complexity index is 471. The largest absolute Gasteiger partial charge is 0.490 e. The van der Waals surface area contributed by atoms with Crippen LogP contribution < -0.4 is 4.74 Å². The van der Waals surface area contributed by atoms with Gasteiger partial charge in [-0.2, -0.15) is 0 Å². The van der Waals surface area contributed by atoms with Crippen molar-refractivity contribution in [3.63, 3.8) is 0 Å². The quantitative estimate of drug-likeness (QED) is 0.304. The van der Waals surface area contributed by atoms with Gasteiger partial charge in [-0.3, -0.25) is 4.90 Å². The molecule has 1 aromatic carbocycles. The van der Waals surface area contributed by atoms with Crippen LogP contribution in [0.5, 0.6) is 5.75 Å². The number of hydrogen-bond acceptors (Lipinski definition) is 8. The summed E-state index contributed by atoms with van der Waals surface area (Å²) in [5.41, 5.74) is 1.29. The molecule has 1 rings (SSSR count). The zero-order valence-electron chi connectivity index (χ0n) is 16.8. The first-order valence-electron chi connectivity index (χ1n) is 9.69. The number of rotatable bonds is 18. The third-order valence-corrected chi connectivity index (χ3v) is 4.16. The molecule has 28 heavy (non-hydrogen) atoms. The Kier molecular flexibility index (Phi) is 14.8. The molecule has 0 fully saturated rings. The van der Waals surface area contributed by atoms with Crippen molar-refractivity contribution in [2.24, 2.45) is 0 Å². The summed E-state index contributed by atoms with van der Waals surface area (Å²) in [6.45, 7) is 5.26. The minimum absolute atomic E-state index is 0.141. The van der Waals surface area contributed by atoms with E-state index in [1.165, 1.54) is 0 Å². The van der Waals surface area contributed by atoms with Gasteiger partial charge in [-0.1, -0.05) is 18.2 Å². The maximum absolute atomic E-state index is 9.36. The number of para-hydroxylation sites is 1. The standard InChI is InChI=1S/C20H35NO7/c1-25-10-7-21(6-3-9-22)8-11-26-12-13-27-14-15-28-20-18(16-23)4-2-5-19(20)17-24/h2,4-5,22-24H,3,6-17H2,1H3. The average molecular weight is 402 g/mol. The van der Waals surface area contributed by atoms with Crippen molar-refractivity contribution in [2.45, 2.75) is 19.6 Å². The van der Waals surface area contributed by atoms with Crippen molar-refractivity contribution in [1.29, 1.82) is 0 Å². The first-order valence-corrected chi connectivity index (χ1v) is 9.69. The van der Waals surface area contributed by atoms with Gasteiger partial charge < -0.3 is 34.3 Å². The van der Waals surface area contributed by atoms with Gasteiger partial charge in [-0.25, -0.2) is 0 Å². The third kappa shape index (κ3) is 10.3. The van der Waals surface area contributed by atoms with E-state index < -0.39 is 0 Å². The molecular weight excluding hydrogens is 366 g/mol. The van der Waals surface area contributed by atoms with Gasteiger partial charge in [0.25, 0.3) is 0 Å². The summed E-state index contributed by atoms with van der Waals surface area (Å²) in [6, 6.07) is 5.30. The molecule has 3 N–H and O–H groups in total. The summed E-state index contributed by atoms with van der Waals surface area (Å²) in [7, 11) is 1.68. The van der Waals surface area contributed by atoms with E-state index in [2.05, 4.69) is 4.90 Å². The first-order chi connectivity index (χ1) is 13.8. The van der Waals surface area contributed by atoms with E-state index in [0.717, 1.165) is 26.1 Å². The maximum atomic E-state index is 9.36. The number of hydrogen-bond donors (Lipinski definition) is 3. The average Bonchev–Trinajstić information content (AvgIpc) is 2.73. The van der Waals surface area contributed by atoms with Gasteiger partial charge in [0.1, 0.15) is 12.4 Å². The van der Waals surface area contributed by atoms with Gasteiger partial charge >= 0.3 is 0 Å². The molecule has 0 aliphatic carbocycles. The summed E-state index contributed by atoms with van der Waals surface area (Å²) < 4.78 is 21.8. The van der Waals surface area contributed by atoms with Crippen molar-refractivity contribution < 1.29 is 34.3 Å². The summed E-state index contributed by atoms with van der Waals surface area (Å²) in [5, 5.41) is 27.7. The smallest absolute Gasteiger partial charge is 0.130 e. The molecule has 0 atom stereocenters. The molecule has 0 aliphatic rings. The van der Waals surface area contributed by atoms with E-state index in [1.54, 1.807) is 25.3 Å². The van der Waals surface area contributed by atoms with Crippen molar-refractivity contribution in [3.8, 4) is 5.75 Å². The highest BCUT2D eigenvalue weighted by molar-refractivity contribution is 5.40. The lowest BCUT2D eigenvalue weighted by atomic mass is 10.1. The highest BCUT2D eigenvalue weighted by Crippen LogP contribution is 2.24. The second-order valence-electron chi connectivity index (χ2n) is 6.21. The van der Waals surface area contributed by atoms with E-state index >= 15 is 0 Å². The lowest BCUT2D eigenvalue weighted by Gasteiger charge is -2.21. The maximum Gasteiger partial charge on any atom is 0.130 e. The van der Waals surface area contributed by atoms with E-state index in [1.807, 2.05) is 0 Å². The van der Waals surface area contributed by atoms with Gasteiger partial charge in [0.15, 0.2) is 0 Å². The fraction of sp³-hybridized carbons (Fsp3) is 0.700. The number of benzene rings is 1. The van der Waals surface area contributed by atoms with Crippen LogP contribution in [0.25, 0.3) is 0 Å². The number of nitrogens with zero attached hydrogens (tertiary/aromatic N) is 1. The summed E-state index contributed by atoms with van der Waals surface area (Å²) in [5.74, 6) is 0.520. The zero-order valence-corrected chi connectivity index (χ0v) is 16.8. The van der Waals surface area contributed by atoms with Crippen LogP contribution in [-0.4, -0.2) is 93.2 Å². The van der Waals surface area contributed by atoms with Crippen molar-refractivity contribution in [1.82, 2.24) is 4.90 Å². The fourth-order valence-corrected chi connectivity index (χ4v) is 2.64. The molecule has 8 nitrogen and oxygen atoms in total. The highest BCUT2D eigenvalue weighted by atomic mass is 16.5. The summed E-state index contributed by atoms with van der Waals surface area (Å²) in [4.78, 5) is 2.20. The van der Waals surface area contributed by atoms with Gasteiger partial charge in [0, 0.05) is 44.5 Å². The van der Waals surface area contributed by atoms with Gasteiger partial charge in [-0.15, -0.1) is 0 Å². The van der Waals surface area contributed by atoms with E-state index in [4.69, 9.17) is 24.1 Å². The lowest BCUT2D eigenvalue weighted by molar-refractivity contribution is 0.0262. The van der Waals surface area contributed by atoms with Gasteiger partial charge in [-0.05, 0) is 6.42 Å². The predicted molar refractivity (Wildman–Crippen MR) is 105 cm³/mol. The molecule has 0 aromatic heterocycles. The van der Waals surface area contributed by atoms with Gasteiger partial charge in [0.05, 0.1) is 46.2 Å². The summed E-state index contributed by atoms with van der Waals surface area (Å²) in [6.07, 6.45) is 0.740. The Labute approximate surface area is 167 Å². The Hall–Kier alpha value is -1.26. The highest BCUT2D eigenvalue weighted by Gasteiger charge is 2.08. The Morgan fingerprint density at radius 3 is 2.00 bits per heavy atom. The van der Waals surface area contributed by atoms with Crippen LogP contribution >= 0.6 is 0 Å². The normalized spacial score (nSPS) is 11.3. The second kappa shape index (κ2) is 16.7. The molecule has 8 heteroatoms. The molecule has 162 valence electrons. The van der Waals surface area contributed by atoms with Crippen LogP contribution in [0.15, 0.2) is 18.2 Å². The molecule has 0 saturated carbocycles. The molecule has 0 amide bonds. The molecule has 0 bridgehead atoms. The molecule has 1 aromatic rings. The Morgan fingerprint density at radius 1 is 0.786 bits per heavy atom. The Balaban J connectivity index is 2.12. The molecule has 0 spiro atoms. The number of ether oxygens (including phenoxy) is 4. The lowest BCUT2D eigenvalue weighted by Crippen LogP contribution is -2.32. The number of methoxy groups -OCH3 is 1. The van der Waals surface area contributed by atoms with Crippen molar-refractivity contribution in [2.75, 3.05) is 73.0 Å². The van der Waals surface area contributed by atoms with E-state index in [0.29, 0.717) is 56.5 Å². The first kappa shape index (κ1) is 24.8. The molecule has 0 aliphatic heterocycles. The van der Waals surface area contributed by atoms with Crippen LogP contribution in [-0.2, 0) is 27.4 Å². The molecular formula is C20H35NO7. The SMILES string of the molecule is COCCN(CCCO)CCOCCOCCOc1c(CO)cccc1CO. The number of aliphatic hydroxyl groups is 3. The van der Waals surface area contributed by atoms with Crippen molar-refractivity contribution in [3.05, 3.63) is 29.3 Å². The van der Waals surface area contributed by atoms with Crippen LogP contribution in [0, 0.1) is 0 Å². The predicted octanol–water partition coefficient (Wildman–Crippen LogP) is 0.414. The van der Waals surface area contributed by atoms with Crippen LogP contribution in [0.4, 0.5) is 0 Å². The zero-order chi connectivity index (χ0) is 20.5. The molecule has 0 unspecified atom stereocenters. The fourth-order valence-electron chi connectivity index (χ4n) is 2.64. The van der Waals surface area contributed by atoms with E-state index in [-0.39, 0.29) is 19.8 Å². The molecule has 0 heterocycles. The Morgan fingerprint density at radius 2 is 1.39 bits per heavy atom.